The molecule has 0 N–H and O–H groups in total. The summed E-state index contributed by atoms with van der Waals surface area (Å²) >= 11 is 0. The van der Waals surface area contributed by atoms with Gasteiger partial charge in [0.05, 0.1) is 18.4 Å². The molecule has 4 nitrogen and oxygen atoms in total. The van der Waals surface area contributed by atoms with Crippen LogP contribution in [0.1, 0.15) is 22.9 Å². The van der Waals surface area contributed by atoms with E-state index in [9.17, 15) is 0 Å². The van der Waals surface area contributed by atoms with Crippen molar-refractivity contribution in [3.63, 3.8) is 0 Å². The highest BCUT2D eigenvalue weighted by molar-refractivity contribution is 5.80. The highest BCUT2D eigenvalue weighted by atomic mass is 15.2. The van der Waals surface area contributed by atoms with Gasteiger partial charge < -0.3 is 4.90 Å². The molecule has 0 atom stereocenters. The summed E-state index contributed by atoms with van der Waals surface area (Å²) in [6, 6.07) is 19.0. The first-order chi connectivity index (χ1) is 11.3. The van der Waals surface area contributed by atoms with Crippen molar-refractivity contribution in [2.45, 2.75) is 6.04 Å². The van der Waals surface area contributed by atoms with Gasteiger partial charge in [0.2, 0.25) is 0 Å². The van der Waals surface area contributed by atoms with Crippen LogP contribution in [-0.2, 0) is 0 Å². The van der Waals surface area contributed by atoms with Gasteiger partial charge in [-0.2, -0.15) is 5.26 Å². The van der Waals surface area contributed by atoms with Gasteiger partial charge in [-0.05, 0) is 22.3 Å². The fourth-order valence-corrected chi connectivity index (χ4v) is 3.24. The van der Waals surface area contributed by atoms with Crippen molar-refractivity contribution in [1.82, 2.24) is 9.97 Å². The molecule has 23 heavy (non-hydrogen) atoms. The van der Waals surface area contributed by atoms with Crippen LogP contribution in [0.5, 0.6) is 0 Å². The maximum Gasteiger partial charge on any atom is 0.158 e. The quantitative estimate of drug-likeness (QED) is 0.726. The fraction of sp³-hybridized carbons (Fsp3) is 0.105. The largest absolute Gasteiger partial charge is 0.347 e. The smallest absolute Gasteiger partial charge is 0.158 e. The van der Waals surface area contributed by atoms with Crippen molar-refractivity contribution >= 4 is 5.82 Å². The molecular formula is C19H14N4. The SMILES string of the molecule is CN(c1cnc(C#N)cn1)C1c2ccccc2-c2ccccc21. The van der Waals surface area contributed by atoms with Gasteiger partial charge >= 0.3 is 0 Å². The number of anilines is 1. The van der Waals surface area contributed by atoms with Crippen LogP contribution >= 0.6 is 0 Å². The van der Waals surface area contributed by atoms with Crippen molar-refractivity contribution in [2.24, 2.45) is 0 Å². The zero-order valence-corrected chi connectivity index (χ0v) is 12.6. The molecule has 0 spiro atoms. The minimum absolute atomic E-state index is 0.102. The molecule has 4 rings (SSSR count). The van der Waals surface area contributed by atoms with Gasteiger partial charge in [0.1, 0.15) is 11.9 Å². The molecule has 0 radical (unpaired) electrons. The van der Waals surface area contributed by atoms with Crippen molar-refractivity contribution in [2.75, 3.05) is 11.9 Å². The van der Waals surface area contributed by atoms with E-state index in [-0.39, 0.29) is 6.04 Å². The zero-order chi connectivity index (χ0) is 15.8. The average molecular weight is 298 g/mol. The predicted octanol–water partition coefficient (Wildman–Crippen LogP) is 3.55. The molecule has 0 aliphatic heterocycles. The Bertz CT molecular complexity index is 864. The molecule has 4 heteroatoms. The van der Waals surface area contributed by atoms with Gasteiger partial charge in [-0.3, -0.25) is 0 Å². The van der Waals surface area contributed by atoms with Crippen LogP contribution in [-0.4, -0.2) is 17.0 Å². The summed E-state index contributed by atoms with van der Waals surface area (Å²) < 4.78 is 0. The number of nitrogens with zero attached hydrogens (tertiary/aromatic N) is 4. The molecule has 0 saturated carbocycles. The number of benzene rings is 2. The Labute approximate surface area is 134 Å². The van der Waals surface area contributed by atoms with Gasteiger partial charge in [-0.25, -0.2) is 9.97 Å². The first-order valence-corrected chi connectivity index (χ1v) is 7.43. The normalized spacial score (nSPS) is 12.3. The lowest BCUT2D eigenvalue weighted by molar-refractivity contribution is 0.783. The van der Waals surface area contributed by atoms with E-state index in [1.165, 1.54) is 28.5 Å². The van der Waals surface area contributed by atoms with Crippen LogP contribution in [0.15, 0.2) is 60.9 Å². The average Bonchev–Trinajstić information content (AvgIpc) is 2.96. The maximum atomic E-state index is 8.87. The number of fused-ring (bicyclic) bond motifs is 3. The van der Waals surface area contributed by atoms with Crippen LogP contribution in [0.3, 0.4) is 0 Å². The molecule has 0 unspecified atom stereocenters. The third-order valence-corrected chi connectivity index (χ3v) is 4.30. The summed E-state index contributed by atoms with van der Waals surface area (Å²) in [5.74, 6) is 0.750. The summed E-state index contributed by atoms with van der Waals surface area (Å²) in [6.07, 6.45) is 3.17. The Morgan fingerprint density at radius 1 is 0.913 bits per heavy atom. The summed E-state index contributed by atoms with van der Waals surface area (Å²) in [5.41, 5.74) is 5.39. The van der Waals surface area contributed by atoms with Crippen LogP contribution in [0.2, 0.25) is 0 Å². The third-order valence-electron chi connectivity index (χ3n) is 4.30. The van der Waals surface area contributed by atoms with E-state index in [4.69, 9.17) is 5.26 Å². The van der Waals surface area contributed by atoms with Crippen molar-refractivity contribution in [3.8, 4) is 17.2 Å². The van der Waals surface area contributed by atoms with Gasteiger partial charge in [0.15, 0.2) is 5.69 Å². The lowest BCUT2D eigenvalue weighted by atomic mass is 10.0. The van der Waals surface area contributed by atoms with E-state index in [1.807, 2.05) is 13.1 Å². The predicted molar refractivity (Wildman–Crippen MR) is 88.9 cm³/mol. The fourth-order valence-electron chi connectivity index (χ4n) is 3.24. The second-order valence-electron chi connectivity index (χ2n) is 5.56. The van der Waals surface area contributed by atoms with Crippen molar-refractivity contribution in [1.29, 1.82) is 5.26 Å². The summed E-state index contributed by atoms with van der Waals surface area (Å²) in [4.78, 5) is 10.6. The first kappa shape index (κ1) is 13.5. The number of nitriles is 1. The van der Waals surface area contributed by atoms with E-state index in [1.54, 1.807) is 6.20 Å². The second kappa shape index (κ2) is 5.22. The van der Waals surface area contributed by atoms with Gasteiger partial charge in [-0.15, -0.1) is 0 Å². The summed E-state index contributed by atoms with van der Waals surface area (Å²) in [6.45, 7) is 0. The molecule has 2 aromatic carbocycles. The van der Waals surface area contributed by atoms with E-state index in [0.29, 0.717) is 5.69 Å². The molecule has 3 aromatic rings. The third kappa shape index (κ3) is 2.06. The minimum atomic E-state index is 0.102. The Balaban J connectivity index is 1.83. The topological polar surface area (TPSA) is 52.8 Å². The molecule has 110 valence electrons. The Kier molecular flexibility index (Phi) is 3.06. The maximum absolute atomic E-state index is 8.87. The van der Waals surface area contributed by atoms with Crippen LogP contribution in [0.4, 0.5) is 5.82 Å². The Morgan fingerprint density at radius 3 is 2.04 bits per heavy atom. The number of hydrogen-bond acceptors (Lipinski definition) is 4. The van der Waals surface area contributed by atoms with Crippen LogP contribution in [0.25, 0.3) is 11.1 Å². The summed E-state index contributed by atoms with van der Waals surface area (Å²) in [7, 11) is 2.01. The number of rotatable bonds is 2. The molecule has 1 heterocycles. The molecule has 0 bridgehead atoms. The molecule has 1 aliphatic carbocycles. The molecule has 0 amide bonds. The zero-order valence-electron chi connectivity index (χ0n) is 12.6. The number of aromatic nitrogens is 2. The molecular weight excluding hydrogens is 284 g/mol. The molecule has 0 saturated heterocycles. The van der Waals surface area contributed by atoms with Crippen LogP contribution < -0.4 is 4.90 Å². The number of hydrogen-bond donors (Lipinski definition) is 0. The molecule has 1 aliphatic rings. The van der Waals surface area contributed by atoms with Gasteiger partial charge in [0, 0.05) is 7.05 Å². The Hall–Kier alpha value is -3.19. The first-order valence-electron chi connectivity index (χ1n) is 7.43. The lowest BCUT2D eigenvalue weighted by Gasteiger charge is -2.27. The van der Waals surface area contributed by atoms with E-state index < -0.39 is 0 Å². The van der Waals surface area contributed by atoms with E-state index in [0.717, 1.165) is 5.82 Å². The monoisotopic (exact) mass is 298 g/mol. The van der Waals surface area contributed by atoms with E-state index in [2.05, 4.69) is 63.4 Å². The summed E-state index contributed by atoms with van der Waals surface area (Å²) in [5, 5.41) is 8.87. The highest BCUT2D eigenvalue weighted by Gasteiger charge is 2.31. The van der Waals surface area contributed by atoms with Crippen molar-refractivity contribution < 1.29 is 0 Å². The van der Waals surface area contributed by atoms with Crippen molar-refractivity contribution in [3.05, 3.63) is 77.7 Å². The lowest BCUT2D eigenvalue weighted by Crippen LogP contribution is -2.24. The molecule has 1 aromatic heterocycles. The molecule has 0 fully saturated rings. The minimum Gasteiger partial charge on any atom is -0.347 e. The highest BCUT2D eigenvalue weighted by Crippen LogP contribution is 2.46. The standard InChI is InChI=1S/C19H14N4/c1-23(18-12-21-13(10-20)11-22-18)19-16-8-4-2-6-14(16)15-7-3-5-9-17(15)19/h2-9,11-12,19H,1H3. The van der Waals surface area contributed by atoms with E-state index >= 15 is 0 Å². The van der Waals surface area contributed by atoms with Gasteiger partial charge in [-0.1, -0.05) is 48.5 Å². The second-order valence-corrected chi connectivity index (χ2v) is 5.56. The van der Waals surface area contributed by atoms with Gasteiger partial charge in [0.25, 0.3) is 0 Å². The van der Waals surface area contributed by atoms with Crippen LogP contribution in [0, 0.1) is 11.3 Å². The Morgan fingerprint density at radius 2 is 1.52 bits per heavy atom.